The summed E-state index contributed by atoms with van der Waals surface area (Å²) in [5.74, 6) is 0.140. The van der Waals surface area contributed by atoms with Crippen LogP contribution in [0, 0.1) is 5.92 Å². The van der Waals surface area contributed by atoms with Crippen LogP contribution in [-0.4, -0.2) is 11.9 Å². The molecule has 0 aliphatic heterocycles. The molecule has 0 fully saturated rings. The fourth-order valence-electron chi connectivity index (χ4n) is 4.13. The number of allylic oxidation sites excluding steroid dienone is 4. The van der Waals surface area contributed by atoms with E-state index >= 15 is 0 Å². The van der Waals surface area contributed by atoms with E-state index in [4.69, 9.17) is 0 Å². The summed E-state index contributed by atoms with van der Waals surface area (Å²) in [5, 5.41) is 0. The third kappa shape index (κ3) is 10.7. The van der Waals surface area contributed by atoms with Gasteiger partial charge in [-0.25, -0.2) is 0 Å². The first kappa shape index (κ1) is 31.8. The molecule has 1 atom stereocenters. The number of nitrogens with one attached hydrogen (secondary N) is 1. The number of carbonyl (C=O) groups excluding carboxylic acids is 1. The maximum absolute atomic E-state index is 12.6. The molecule has 1 unspecified atom stereocenters. The predicted molar refractivity (Wildman–Crippen MR) is 119 cm³/mol. The van der Waals surface area contributed by atoms with Crippen LogP contribution in [0.5, 0.6) is 0 Å². The smallest absolute Gasteiger partial charge is 1.00 e. The molecule has 1 aliphatic rings. The summed E-state index contributed by atoms with van der Waals surface area (Å²) in [6.45, 7) is 16.4. The van der Waals surface area contributed by atoms with Crippen molar-refractivity contribution in [1.29, 1.82) is 0 Å². The van der Waals surface area contributed by atoms with E-state index in [1.54, 1.807) is 3.33 Å². The Balaban J connectivity index is 0. The molecular formula is C23H44Cl2HfNOSi. The zero-order chi connectivity index (χ0) is 20.4. The molecule has 0 saturated carbocycles. The normalized spacial score (nSPS) is 16.1. The van der Waals surface area contributed by atoms with Gasteiger partial charge in [0.15, 0.2) is 0 Å². The van der Waals surface area contributed by atoms with Crippen LogP contribution in [0.25, 0.3) is 0 Å². The molecule has 0 aromatic heterocycles. The number of rotatable bonds is 13. The first-order chi connectivity index (χ1) is 12.8. The molecule has 0 radical (unpaired) electrons. The van der Waals surface area contributed by atoms with Crippen LogP contribution in [0.3, 0.4) is 0 Å². The summed E-state index contributed by atoms with van der Waals surface area (Å²) in [7, 11) is 0. The van der Waals surface area contributed by atoms with Crippen LogP contribution in [0.4, 0.5) is 0 Å². The minimum atomic E-state index is -2.18. The predicted octanol–water partition coefficient (Wildman–Crippen LogP) is 0.808. The average molecular weight is 628 g/mol. The molecule has 0 bridgehead atoms. The molecule has 169 valence electrons. The molecule has 0 aromatic rings. The van der Waals surface area contributed by atoms with Gasteiger partial charge in [-0.1, -0.05) is 6.92 Å². The van der Waals surface area contributed by atoms with Gasteiger partial charge in [0.25, 0.3) is 0 Å². The summed E-state index contributed by atoms with van der Waals surface area (Å²) in [4.78, 5) is 12.6. The molecule has 29 heavy (non-hydrogen) atoms. The van der Waals surface area contributed by atoms with Gasteiger partial charge < -0.3 is 24.8 Å². The van der Waals surface area contributed by atoms with Crippen molar-refractivity contribution < 1.29 is 50.5 Å². The Bertz CT molecular complexity index is 549. The fourth-order valence-corrected chi connectivity index (χ4v) is 26.6. The second kappa shape index (κ2) is 17.2. The Hall–Kier alpha value is 0.617. The third-order valence-electron chi connectivity index (χ3n) is 6.29. The molecule has 2 nitrogen and oxygen atoms in total. The summed E-state index contributed by atoms with van der Waals surface area (Å²) in [6, 6.07) is 0. The van der Waals surface area contributed by atoms with Gasteiger partial charge >= 0.3 is 172 Å². The maximum Gasteiger partial charge on any atom is -1.00 e. The summed E-state index contributed by atoms with van der Waals surface area (Å²) >= 11 is -2.18. The van der Waals surface area contributed by atoms with Crippen molar-refractivity contribution >= 4 is 11.9 Å². The van der Waals surface area contributed by atoms with Crippen LogP contribution in [-0.2, 0) is 25.7 Å². The molecule has 0 saturated heterocycles. The summed E-state index contributed by atoms with van der Waals surface area (Å²) in [6.07, 6.45) is 12.6. The van der Waals surface area contributed by atoms with Gasteiger partial charge in [-0.15, -0.1) is 0 Å². The molecule has 1 aliphatic carbocycles. The number of carbonyl (C=O) groups is 1. The van der Waals surface area contributed by atoms with E-state index in [0.717, 1.165) is 12.8 Å². The largest absolute Gasteiger partial charge is 1.00 e. The molecule has 1 rings (SSSR count). The van der Waals surface area contributed by atoms with E-state index < -0.39 is 26.9 Å². The molecule has 0 aromatic carbocycles. The summed E-state index contributed by atoms with van der Waals surface area (Å²) < 4.78 is 5.34. The van der Waals surface area contributed by atoms with Crippen LogP contribution in [0.2, 0.25) is 13.1 Å². The monoisotopic (exact) mass is 628 g/mol. The number of amides is 1. The van der Waals surface area contributed by atoms with Crippen LogP contribution >= 0.6 is 0 Å². The second-order valence-electron chi connectivity index (χ2n) is 8.76. The Morgan fingerprint density at radius 2 is 1.38 bits per heavy atom. The second-order valence-corrected chi connectivity index (χ2v) is 34.0. The number of halogens is 2. The first-order valence-corrected chi connectivity index (χ1v) is 24.1. The molecule has 1 amide bonds. The van der Waals surface area contributed by atoms with Crippen molar-refractivity contribution in [3.63, 3.8) is 0 Å². The van der Waals surface area contributed by atoms with Gasteiger partial charge in [-0.3, -0.25) is 0 Å². The van der Waals surface area contributed by atoms with E-state index in [1.807, 2.05) is 0 Å². The molecule has 0 spiro atoms. The van der Waals surface area contributed by atoms with E-state index in [-0.39, 0.29) is 24.8 Å². The van der Waals surface area contributed by atoms with Crippen molar-refractivity contribution in [1.82, 2.24) is 3.30 Å². The van der Waals surface area contributed by atoms with Crippen LogP contribution in [0.15, 0.2) is 20.0 Å². The molecule has 1 N–H and O–H groups in total. The molecular weight excluding hydrogens is 584 g/mol. The van der Waals surface area contributed by atoms with Gasteiger partial charge in [0, 0.05) is 0 Å². The Labute approximate surface area is 202 Å². The number of unbranched alkanes of at least 4 members (excludes halogenated alkanes) is 8. The van der Waals surface area contributed by atoms with Crippen molar-refractivity contribution in [2.24, 2.45) is 5.92 Å². The first-order valence-electron chi connectivity index (χ1n) is 11.4. The van der Waals surface area contributed by atoms with Gasteiger partial charge in [-0.2, -0.15) is 0 Å². The van der Waals surface area contributed by atoms with Gasteiger partial charge in [-0.05, 0) is 0 Å². The third-order valence-corrected chi connectivity index (χ3v) is 30.6. The number of hydrogen-bond donors (Lipinski definition) is 1. The van der Waals surface area contributed by atoms with E-state index in [0.29, 0.717) is 11.8 Å². The van der Waals surface area contributed by atoms with Crippen molar-refractivity contribution in [3.05, 3.63) is 20.0 Å². The van der Waals surface area contributed by atoms with Gasteiger partial charge in [0.05, 0.1) is 0 Å². The van der Waals surface area contributed by atoms with E-state index in [1.165, 1.54) is 68.1 Å². The zero-order valence-corrected chi connectivity index (χ0v) is 26.1. The van der Waals surface area contributed by atoms with Crippen molar-refractivity contribution in [2.45, 2.75) is 112 Å². The quantitative estimate of drug-likeness (QED) is 0.238. The Morgan fingerprint density at radius 3 is 1.79 bits per heavy atom. The summed E-state index contributed by atoms with van der Waals surface area (Å²) in [5.41, 5.74) is 4.54. The fraction of sp³-hybridized carbons (Fsp3) is 0.783. The molecule has 0 heterocycles. The SMILES string of the molecule is CCCCCCCCCCCC(=O)[NH][Hf+2]([C]1=C(C)C(C)=C(C)C1C)[SiH](C)C.[Cl-].[Cl-]. The maximum atomic E-state index is 12.6. The van der Waals surface area contributed by atoms with Crippen LogP contribution in [0.1, 0.15) is 98.8 Å². The van der Waals surface area contributed by atoms with Gasteiger partial charge in [0.2, 0.25) is 0 Å². The van der Waals surface area contributed by atoms with Crippen molar-refractivity contribution in [2.75, 3.05) is 0 Å². The number of hydrogen-bond acceptors (Lipinski definition) is 1. The minimum Gasteiger partial charge on any atom is -1.00 e. The minimum absolute atomic E-state index is 0. The Kier molecular flexibility index (Phi) is 18.9. The van der Waals surface area contributed by atoms with Crippen LogP contribution < -0.4 is 28.1 Å². The zero-order valence-electron chi connectivity index (χ0n) is 19.9. The van der Waals surface area contributed by atoms with Gasteiger partial charge in [0.1, 0.15) is 0 Å². The standard InChI is InChI=1S/C12H25NO.C9H13.C2H7Si.2ClH.Hf/c1-2-3-4-5-6-7-8-9-10-11-12(13)14;1-6-5-7(2)9(4)8(6)3;1-3-2;;;/h2-11H2,1H3,(H2,13,14);6H,1-4H3;3H,1-2H3;2*1H;/q;;;;;+3/p-3. The van der Waals surface area contributed by atoms with Crippen molar-refractivity contribution in [3.8, 4) is 0 Å². The average Bonchev–Trinajstić information content (AvgIpc) is 2.81. The van der Waals surface area contributed by atoms with E-state index in [2.05, 4.69) is 51.0 Å². The topological polar surface area (TPSA) is 29.1 Å². The molecule has 6 heteroatoms. The van der Waals surface area contributed by atoms with E-state index in [9.17, 15) is 4.79 Å². The Morgan fingerprint density at radius 1 is 0.897 bits per heavy atom.